The molecule has 2 N–H and O–H groups in total. The van der Waals surface area contributed by atoms with Gasteiger partial charge >= 0.3 is 6.03 Å². The largest absolute Gasteiger partial charge is 0.344 e. The lowest BCUT2D eigenvalue weighted by Gasteiger charge is -2.56. The Hall–Kier alpha value is -3.43. The molecule has 218 valence electrons. The average Bonchev–Trinajstić information content (AvgIpc) is 3.48. The number of piperidine rings is 1. The summed E-state index contributed by atoms with van der Waals surface area (Å²) in [7, 11) is 1.52. The number of benzene rings is 1. The monoisotopic (exact) mass is 560 g/mol. The molecule has 4 aliphatic carbocycles. The highest BCUT2D eigenvalue weighted by Crippen LogP contribution is 2.60. The van der Waals surface area contributed by atoms with Gasteiger partial charge in [0.1, 0.15) is 11.6 Å². The van der Waals surface area contributed by atoms with Crippen LogP contribution in [0, 0.1) is 29.1 Å². The van der Waals surface area contributed by atoms with Gasteiger partial charge in [-0.15, -0.1) is 0 Å². The number of H-pyrrole nitrogens is 1. The molecule has 3 heterocycles. The molecule has 4 bridgehead atoms. The van der Waals surface area contributed by atoms with Crippen molar-refractivity contribution in [3.63, 3.8) is 0 Å². The molecule has 6 aliphatic rings. The van der Waals surface area contributed by atoms with E-state index < -0.39 is 11.6 Å². The lowest BCUT2D eigenvalue weighted by Crippen LogP contribution is -2.62. The first-order chi connectivity index (χ1) is 19.6. The maximum absolute atomic E-state index is 13.9. The van der Waals surface area contributed by atoms with E-state index in [1.54, 1.807) is 16.0 Å². The van der Waals surface area contributed by atoms with Gasteiger partial charge in [0.25, 0.3) is 5.91 Å². The van der Waals surface area contributed by atoms with Gasteiger partial charge in [-0.2, -0.15) is 5.10 Å². The molecule has 2 aromatic rings. The van der Waals surface area contributed by atoms with Gasteiger partial charge in [-0.05, 0) is 93.2 Å². The second kappa shape index (κ2) is 9.29. The number of nitrogens with one attached hydrogen (secondary N) is 2. The van der Waals surface area contributed by atoms with Crippen molar-refractivity contribution in [2.24, 2.45) is 29.1 Å². The van der Waals surface area contributed by atoms with Crippen LogP contribution in [0.2, 0.25) is 0 Å². The molecule has 2 aliphatic heterocycles. The van der Waals surface area contributed by atoms with E-state index in [0.717, 1.165) is 30.2 Å². The number of fused-ring (bicyclic) bond motifs is 1. The van der Waals surface area contributed by atoms with E-state index in [-0.39, 0.29) is 35.1 Å². The molecule has 10 nitrogen and oxygen atoms in total. The fourth-order valence-corrected chi connectivity index (χ4v) is 9.18. The molecular formula is C31H40N6O4. The highest BCUT2D eigenvalue weighted by Gasteiger charge is 2.59. The molecule has 0 radical (unpaired) electrons. The third-order valence-corrected chi connectivity index (χ3v) is 10.9. The molecule has 1 atom stereocenters. The number of likely N-dealkylation sites (tertiary alicyclic amines) is 1. The number of likely N-dealkylation sites (N-methyl/N-ethyl adjacent to an activating group) is 1. The molecule has 41 heavy (non-hydrogen) atoms. The number of nitrogens with zero attached hydrogens (tertiary/aromatic N) is 4. The van der Waals surface area contributed by atoms with E-state index >= 15 is 0 Å². The van der Waals surface area contributed by atoms with Crippen LogP contribution in [0.5, 0.6) is 0 Å². The quantitative estimate of drug-likeness (QED) is 0.541. The first-order valence-electron chi connectivity index (χ1n) is 15.3. The maximum Gasteiger partial charge on any atom is 0.331 e. The fourth-order valence-electron chi connectivity index (χ4n) is 9.18. The molecule has 10 heteroatoms. The third-order valence-electron chi connectivity index (χ3n) is 10.9. The molecule has 2 saturated heterocycles. The van der Waals surface area contributed by atoms with Crippen LogP contribution in [0.15, 0.2) is 24.4 Å². The number of amides is 5. The number of aromatic amines is 1. The second-order valence-electron chi connectivity index (χ2n) is 13.9. The van der Waals surface area contributed by atoms with E-state index in [4.69, 9.17) is 0 Å². The number of carbonyl (C=O) groups is 4. The molecular weight excluding hydrogens is 520 g/mol. The Balaban J connectivity index is 1.08. The smallest absolute Gasteiger partial charge is 0.331 e. The minimum atomic E-state index is -1.05. The van der Waals surface area contributed by atoms with E-state index in [9.17, 15) is 19.2 Å². The van der Waals surface area contributed by atoms with Gasteiger partial charge in [-0.1, -0.05) is 13.8 Å². The number of imide groups is 1. The molecule has 6 fully saturated rings. The van der Waals surface area contributed by atoms with Crippen molar-refractivity contribution >= 4 is 40.3 Å². The predicted molar refractivity (Wildman–Crippen MR) is 153 cm³/mol. The lowest BCUT2D eigenvalue weighted by atomic mass is 9.49. The van der Waals surface area contributed by atoms with Crippen molar-refractivity contribution in [1.29, 1.82) is 0 Å². The van der Waals surface area contributed by atoms with Crippen molar-refractivity contribution in [2.45, 2.75) is 76.8 Å². The predicted octanol–water partition coefficient (Wildman–Crippen LogP) is 3.68. The highest BCUT2D eigenvalue weighted by atomic mass is 16.2. The van der Waals surface area contributed by atoms with Gasteiger partial charge in [0, 0.05) is 36.6 Å². The van der Waals surface area contributed by atoms with E-state index in [2.05, 4.69) is 15.5 Å². The van der Waals surface area contributed by atoms with Crippen LogP contribution in [0.3, 0.4) is 0 Å². The Morgan fingerprint density at radius 1 is 1.02 bits per heavy atom. The number of rotatable bonds is 5. The summed E-state index contributed by atoms with van der Waals surface area (Å²) in [4.78, 5) is 59.2. The summed E-state index contributed by atoms with van der Waals surface area (Å²) in [5.41, 5.74) is 0.135. The van der Waals surface area contributed by atoms with Crippen molar-refractivity contribution in [3.8, 4) is 0 Å². The van der Waals surface area contributed by atoms with Crippen LogP contribution in [0.4, 0.5) is 10.5 Å². The molecule has 4 saturated carbocycles. The molecule has 1 aromatic heterocycles. The van der Waals surface area contributed by atoms with Crippen molar-refractivity contribution < 1.29 is 19.2 Å². The zero-order chi connectivity index (χ0) is 28.7. The summed E-state index contributed by atoms with van der Waals surface area (Å²) in [6.45, 7) is 4.64. The number of aromatic nitrogens is 2. The summed E-state index contributed by atoms with van der Waals surface area (Å²) in [6.07, 6.45) is 9.03. The zero-order valence-electron chi connectivity index (χ0n) is 24.2. The van der Waals surface area contributed by atoms with Gasteiger partial charge < -0.3 is 10.2 Å². The normalized spacial score (nSPS) is 31.1. The number of hydrogen-bond donors (Lipinski definition) is 2. The van der Waals surface area contributed by atoms with Crippen molar-refractivity contribution in [3.05, 3.63) is 24.4 Å². The fraction of sp³-hybridized carbons (Fsp3) is 0.645. The summed E-state index contributed by atoms with van der Waals surface area (Å²) >= 11 is 0. The number of urea groups is 1. The third kappa shape index (κ3) is 4.00. The van der Waals surface area contributed by atoms with Crippen LogP contribution in [0.25, 0.3) is 10.9 Å². The summed E-state index contributed by atoms with van der Waals surface area (Å²) < 4.78 is 0. The Morgan fingerprint density at radius 3 is 2.27 bits per heavy atom. The van der Waals surface area contributed by atoms with Crippen molar-refractivity contribution in [1.82, 2.24) is 25.3 Å². The van der Waals surface area contributed by atoms with Crippen LogP contribution in [-0.2, 0) is 14.4 Å². The van der Waals surface area contributed by atoms with Gasteiger partial charge in [0.2, 0.25) is 11.8 Å². The Labute approximate surface area is 240 Å². The highest BCUT2D eigenvalue weighted by molar-refractivity contribution is 6.17. The Morgan fingerprint density at radius 2 is 1.66 bits per heavy atom. The van der Waals surface area contributed by atoms with E-state index in [0.29, 0.717) is 49.4 Å². The van der Waals surface area contributed by atoms with E-state index in [1.165, 1.54) is 31.2 Å². The molecule has 1 spiro atoms. The van der Waals surface area contributed by atoms with Gasteiger partial charge in [-0.25, -0.2) is 4.79 Å². The zero-order valence-corrected chi connectivity index (χ0v) is 24.2. The Bertz CT molecular complexity index is 1390. The van der Waals surface area contributed by atoms with Gasteiger partial charge in [0.05, 0.1) is 11.7 Å². The minimum Gasteiger partial charge on any atom is -0.344 e. The Kier molecular flexibility index (Phi) is 6.00. The first-order valence-corrected chi connectivity index (χ1v) is 15.3. The van der Waals surface area contributed by atoms with Crippen LogP contribution in [-0.4, -0.2) is 75.5 Å². The van der Waals surface area contributed by atoms with Crippen LogP contribution in [0.1, 0.15) is 65.2 Å². The summed E-state index contributed by atoms with van der Waals surface area (Å²) in [6, 6.07) is 4.60. The topological polar surface area (TPSA) is 119 Å². The SMILES string of the molecule is CC(C)C(NC(=O)C12CC3CC(CC(C3)C1)C2)C(=O)N1CCC2(CC1)C(=O)N(C)C(=O)N2c1ccc2[nH]ncc2c1. The van der Waals surface area contributed by atoms with Crippen molar-refractivity contribution in [2.75, 3.05) is 25.0 Å². The van der Waals surface area contributed by atoms with Gasteiger partial charge in [0.15, 0.2) is 0 Å². The summed E-state index contributed by atoms with van der Waals surface area (Å²) in [5.74, 6) is 1.63. The first kappa shape index (κ1) is 26.5. The standard InChI is InChI=1S/C31H40N6O4/c1-18(2)25(33-27(39)30-14-19-10-20(15-30)12-21(11-19)16-30)26(38)36-8-6-31(7-9-36)28(40)35(3)29(41)37(31)23-4-5-24-22(13-23)17-32-34-24/h4-5,13,17-21,25H,6-12,14-16H2,1-3H3,(H,32,34)(H,33,39). The lowest BCUT2D eigenvalue weighted by molar-refractivity contribution is -0.151. The molecule has 5 amide bonds. The molecule has 1 unspecified atom stereocenters. The number of carbonyl (C=O) groups excluding carboxylic acids is 4. The van der Waals surface area contributed by atoms with Gasteiger partial charge in [-0.3, -0.25) is 29.3 Å². The molecule has 8 rings (SSSR count). The minimum absolute atomic E-state index is 0.0599. The number of anilines is 1. The average molecular weight is 561 g/mol. The van der Waals surface area contributed by atoms with Crippen LogP contribution < -0.4 is 10.2 Å². The second-order valence-corrected chi connectivity index (χ2v) is 13.9. The van der Waals surface area contributed by atoms with E-state index in [1.807, 2.05) is 32.0 Å². The summed E-state index contributed by atoms with van der Waals surface area (Å²) in [5, 5.41) is 11.1. The maximum atomic E-state index is 13.9. The van der Waals surface area contributed by atoms with Crippen LogP contribution >= 0.6 is 0 Å². The molecule has 1 aromatic carbocycles. The number of hydrogen-bond acceptors (Lipinski definition) is 5.